The van der Waals surface area contributed by atoms with E-state index < -0.39 is 5.41 Å². The molecule has 1 aromatic carbocycles. The van der Waals surface area contributed by atoms with Gasteiger partial charge in [0.25, 0.3) is 0 Å². The van der Waals surface area contributed by atoms with Gasteiger partial charge >= 0.3 is 0 Å². The normalized spacial score (nSPS) is 10.7. The molecule has 23 heavy (non-hydrogen) atoms. The Hall–Kier alpha value is -1.59. The number of hydrogen-bond donors (Lipinski definition) is 3. The van der Waals surface area contributed by atoms with Crippen LogP contribution < -0.4 is 16.4 Å². The van der Waals surface area contributed by atoms with Crippen LogP contribution >= 0.6 is 12.4 Å². The molecular weight excluding hydrogens is 314 g/mol. The molecule has 4 N–H and O–H groups in total. The van der Waals surface area contributed by atoms with Gasteiger partial charge in [-0.1, -0.05) is 32.0 Å². The summed E-state index contributed by atoms with van der Waals surface area (Å²) < 4.78 is 0. The summed E-state index contributed by atoms with van der Waals surface area (Å²) in [4.78, 5) is 24.3. The summed E-state index contributed by atoms with van der Waals surface area (Å²) in [6.45, 7) is 7.99. The minimum Gasteiger partial charge on any atom is -0.347 e. The molecule has 0 radical (unpaired) electrons. The first-order valence-corrected chi connectivity index (χ1v) is 7.74. The van der Waals surface area contributed by atoms with E-state index in [-0.39, 0.29) is 37.3 Å². The molecule has 130 valence electrons. The van der Waals surface area contributed by atoms with Crippen molar-refractivity contribution in [3.05, 3.63) is 29.3 Å². The summed E-state index contributed by atoms with van der Waals surface area (Å²) in [7, 11) is 0. The number of carbonyl (C=O) groups excluding carboxylic acids is 2. The Morgan fingerprint density at radius 2 is 1.65 bits per heavy atom. The number of benzene rings is 1. The van der Waals surface area contributed by atoms with Crippen molar-refractivity contribution >= 4 is 29.9 Å². The number of nitrogens with one attached hydrogen (secondary N) is 2. The Balaban J connectivity index is 0.00000484. The Morgan fingerprint density at radius 3 is 2.09 bits per heavy atom. The summed E-state index contributed by atoms with van der Waals surface area (Å²) in [5.41, 5.74) is 7.95. The molecule has 0 saturated carbocycles. The van der Waals surface area contributed by atoms with Crippen LogP contribution in [-0.2, 0) is 9.59 Å². The van der Waals surface area contributed by atoms with Crippen molar-refractivity contribution in [1.82, 2.24) is 5.32 Å². The van der Waals surface area contributed by atoms with Gasteiger partial charge in [0, 0.05) is 12.2 Å². The number of para-hydroxylation sites is 1. The monoisotopic (exact) mass is 341 g/mol. The number of rotatable bonds is 7. The molecule has 0 atom stereocenters. The fourth-order valence-electron chi connectivity index (χ4n) is 2.50. The number of hydrogen-bond acceptors (Lipinski definition) is 3. The lowest BCUT2D eigenvalue weighted by Crippen LogP contribution is -2.47. The summed E-state index contributed by atoms with van der Waals surface area (Å²) in [6.07, 6.45) is 1.31. The standard InChI is InChI=1S/C17H27N3O2.ClH/c1-5-17(6-2,11-18)16(22)19-10-14(21)20-15-12(3)8-7-9-13(15)4;/h7-9H,5-6,10-11,18H2,1-4H3,(H,19,22)(H,20,21);1H. The van der Waals surface area contributed by atoms with E-state index in [1.807, 2.05) is 45.9 Å². The Bertz CT molecular complexity index is 514. The van der Waals surface area contributed by atoms with E-state index in [0.717, 1.165) is 16.8 Å². The average molecular weight is 342 g/mol. The lowest BCUT2D eigenvalue weighted by molar-refractivity contribution is -0.132. The molecule has 1 rings (SSSR count). The minimum absolute atomic E-state index is 0. The van der Waals surface area contributed by atoms with Crippen molar-refractivity contribution in [2.24, 2.45) is 11.1 Å². The molecule has 0 saturated heterocycles. The van der Waals surface area contributed by atoms with Gasteiger partial charge < -0.3 is 16.4 Å². The molecule has 0 heterocycles. The SMILES string of the molecule is CCC(CC)(CN)C(=O)NCC(=O)Nc1c(C)cccc1C.Cl. The van der Waals surface area contributed by atoms with E-state index >= 15 is 0 Å². The number of nitrogens with two attached hydrogens (primary N) is 1. The fourth-order valence-corrected chi connectivity index (χ4v) is 2.50. The van der Waals surface area contributed by atoms with Gasteiger partial charge in [-0.3, -0.25) is 9.59 Å². The number of carbonyl (C=O) groups is 2. The first kappa shape index (κ1) is 21.4. The second-order valence-electron chi connectivity index (χ2n) is 5.69. The maximum atomic E-state index is 12.3. The molecule has 0 aliphatic rings. The lowest BCUT2D eigenvalue weighted by Gasteiger charge is -2.28. The molecule has 2 amide bonds. The molecule has 5 nitrogen and oxygen atoms in total. The van der Waals surface area contributed by atoms with Gasteiger partial charge in [0.15, 0.2) is 0 Å². The topological polar surface area (TPSA) is 84.2 Å². The van der Waals surface area contributed by atoms with Crippen LogP contribution in [0, 0.1) is 19.3 Å². The third kappa shape index (κ3) is 5.22. The molecule has 0 aliphatic carbocycles. The highest BCUT2D eigenvalue weighted by Gasteiger charge is 2.33. The van der Waals surface area contributed by atoms with Crippen LogP contribution in [-0.4, -0.2) is 24.9 Å². The zero-order chi connectivity index (χ0) is 16.8. The highest BCUT2D eigenvalue weighted by Crippen LogP contribution is 2.25. The van der Waals surface area contributed by atoms with E-state index in [9.17, 15) is 9.59 Å². The van der Waals surface area contributed by atoms with Crippen LogP contribution in [0.2, 0.25) is 0 Å². The summed E-state index contributed by atoms with van der Waals surface area (Å²) >= 11 is 0. The zero-order valence-electron chi connectivity index (χ0n) is 14.4. The third-order valence-electron chi connectivity index (χ3n) is 4.38. The molecule has 0 aliphatic heterocycles. The first-order chi connectivity index (χ1) is 10.4. The Morgan fingerprint density at radius 1 is 1.13 bits per heavy atom. The van der Waals surface area contributed by atoms with E-state index in [4.69, 9.17) is 5.73 Å². The van der Waals surface area contributed by atoms with Crippen molar-refractivity contribution in [3.8, 4) is 0 Å². The number of anilines is 1. The van der Waals surface area contributed by atoms with E-state index in [1.54, 1.807) is 0 Å². The van der Waals surface area contributed by atoms with Crippen molar-refractivity contribution < 1.29 is 9.59 Å². The number of aryl methyl sites for hydroxylation is 2. The predicted molar refractivity (Wildman–Crippen MR) is 96.9 cm³/mol. The highest BCUT2D eigenvalue weighted by atomic mass is 35.5. The van der Waals surface area contributed by atoms with Crippen LogP contribution in [0.25, 0.3) is 0 Å². The van der Waals surface area contributed by atoms with Crippen molar-refractivity contribution in [2.45, 2.75) is 40.5 Å². The molecule has 0 fully saturated rings. The van der Waals surface area contributed by atoms with Crippen LogP contribution in [0.3, 0.4) is 0 Å². The van der Waals surface area contributed by atoms with Gasteiger partial charge in [-0.2, -0.15) is 0 Å². The van der Waals surface area contributed by atoms with Crippen LogP contribution in [0.1, 0.15) is 37.8 Å². The lowest BCUT2D eigenvalue weighted by atomic mass is 9.81. The second-order valence-corrected chi connectivity index (χ2v) is 5.69. The fraction of sp³-hybridized carbons (Fsp3) is 0.529. The van der Waals surface area contributed by atoms with Gasteiger partial charge in [-0.15, -0.1) is 12.4 Å². The van der Waals surface area contributed by atoms with Crippen LogP contribution in [0.15, 0.2) is 18.2 Å². The second kappa shape index (κ2) is 9.53. The largest absolute Gasteiger partial charge is 0.347 e. The summed E-state index contributed by atoms with van der Waals surface area (Å²) in [6, 6.07) is 5.82. The van der Waals surface area contributed by atoms with E-state index in [0.29, 0.717) is 12.8 Å². The van der Waals surface area contributed by atoms with E-state index in [1.165, 1.54) is 0 Å². The predicted octanol–water partition coefficient (Wildman–Crippen LogP) is 2.55. The van der Waals surface area contributed by atoms with Gasteiger partial charge in [0.1, 0.15) is 0 Å². The molecule has 0 unspecified atom stereocenters. The molecule has 6 heteroatoms. The van der Waals surface area contributed by atoms with Crippen LogP contribution in [0.5, 0.6) is 0 Å². The maximum Gasteiger partial charge on any atom is 0.243 e. The molecule has 0 bridgehead atoms. The Kier molecular flexibility index (Phi) is 8.87. The summed E-state index contributed by atoms with van der Waals surface area (Å²) in [5.74, 6) is -0.388. The summed E-state index contributed by atoms with van der Waals surface area (Å²) in [5, 5.41) is 5.56. The van der Waals surface area contributed by atoms with Crippen molar-refractivity contribution in [1.29, 1.82) is 0 Å². The molecule has 0 spiro atoms. The zero-order valence-corrected chi connectivity index (χ0v) is 15.2. The molecule has 0 aromatic heterocycles. The molecule has 1 aromatic rings. The van der Waals surface area contributed by atoms with E-state index in [2.05, 4.69) is 10.6 Å². The van der Waals surface area contributed by atoms with Crippen LogP contribution in [0.4, 0.5) is 5.69 Å². The highest BCUT2D eigenvalue weighted by molar-refractivity contribution is 5.96. The smallest absolute Gasteiger partial charge is 0.243 e. The number of halogens is 1. The quantitative estimate of drug-likeness (QED) is 0.712. The number of amides is 2. The van der Waals surface area contributed by atoms with Crippen molar-refractivity contribution in [2.75, 3.05) is 18.4 Å². The van der Waals surface area contributed by atoms with Gasteiger partial charge in [-0.25, -0.2) is 0 Å². The van der Waals surface area contributed by atoms with Gasteiger partial charge in [-0.05, 0) is 37.8 Å². The first-order valence-electron chi connectivity index (χ1n) is 7.74. The minimum atomic E-state index is -0.584. The average Bonchev–Trinajstić information content (AvgIpc) is 2.51. The van der Waals surface area contributed by atoms with Crippen molar-refractivity contribution in [3.63, 3.8) is 0 Å². The van der Waals surface area contributed by atoms with Gasteiger partial charge in [0.2, 0.25) is 11.8 Å². The van der Waals surface area contributed by atoms with Gasteiger partial charge in [0.05, 0.1) is 12.0 Å². The molecular formula is C17H28ClN3O2. The third-order valence-corrected chi connectivity index (χ3v) is 4.38. The maximum absolute atomic E-state index is 12.3. The Labute approximate surface area is 144 Å².